The van der Waals surface area contributed by atoms with Gasteiger partial charge in [-0.25, -0.2) is 4.39 Å². The van der Waals surface area contributed by atoms with Gasteiger partial charge in [-0.05, 0) is 68.2 Å². The molecule has 1 aromatic rings. The maximum Gasteiger partial charge on any atom is 0.253 e. The van der Waals surface area contributed by atoms with Crippen molar-refractivity contribution in [3.05, 3.63) is 29.8 Å². The summed E-state index contributed by atoms with van der Waals surface area (Å²) in [5.41, 5.74) is 6.92. The van der Waals surface area contributed by atoms with Crippen LogP contribution in [0.2, 0.25) is 0 Å². The standard InChI is InChI=1S/C23H34FN3O3/c1-15(21(25)23(29)27-13-12-18(24)14-27)16-4-8-19(9-5-16)26(2)22(28)17-6-10-20(30-3)11-7-17/h6-7,10-11,15-16,18-19,21H,4-5,8-9,12-14,25H2,1-3H3/t15-,16?,18-,19?,21-/m0/s1. The third-order valence-electron chi connectivity index (χ3n) is 6.98. The first-order chi connectivity index (χ1) is 14.3. The average Bonchev–Trinajstić information content (AvgIpc) is 3.23. The van der Waals surface area contributed by atoms with Crippen molar-refractivity contribution in [2.24, 2.45) is 17.6 Å². The Morgan fingerprint density at radius 2 is 1.80 bits per heavy atom. The fraction of sp³-hybridized carbons (Fsp3) is 0.652. The van der Waals surface area contributed by atoms with Crippen molar-refractivity contribution in [3.8, 4) is 5.75 Å². The Morgan fingerprint density at radius 1 is 1.17 bits per heavy atom. The van der Waals surface area contributed by atoms with Gasteiger partial charge in [0, 0.05) is 25.2 Å². The molecule has 2 amide bonds. The fourth-order valence-electron chi connectivity index (χ4n) is 4.76. The van der Waals surface area contributed by atoms with Crippen molar-refractivity contribution < 1.29 is 18.7 Å². The lowest BCUT2D eigenvalue weighted by Crippen LogP contribution is -2.49. The molecule has 0 aromatic heterocycles. The third-order valence-corrected chi connectivity index (χ3v) is 6.98. The van der Waals surface area contributed by atoms with Crippen molar-refractivity contribution in [3.63, 3.8) is 0 Å². The van der Waals surface area contributed by atoms with E-state index in [4.69, 9.17) is 10.5 Å². The number of benzene rings is 1. The zero-order chi connectivity index (χ0) is 21.8. The van der Waals surface area contributed by atoms with Gasteiger partial charge in [-0.2, -0.15) is 0 Å². The molecule has 1 saturated heterocycles. The first kappa shape index (κ1) is 22.5. The summed E-state index contributed by atoms with van der Waals surface area (Å²) in [5.74, 6) is 0.992. The highest BCUT2D eigenvalue weighted by atomic mass is 19.1. The predicted molar refractivity (Wildman–Crippen MR) is 114 cm³/mol. The number of carbonyl (C=O) groups is 2. The van der Waals surface area contributed by atoms with Crippen LogP contribution >= 0.6 is 0 Å². The molecule has 2 N–H and O–H groups in total. The minimum Gasteiger partial charge on any atom is -0.497 e. The second kappa shape index (κ2) is 9.77. The number of carbonyl (C=O) groups excluding carboxylic acids is 2. The summed E-state index contributed by atoms with van der Waals surface area (Å²) in [6.45, 7) is 2.67. The first-order valence-corrected chi connectivity index (χ1v) is 10.9. The molecule has 2 fully saturated rings. The molecule has 6 nitrogen and oxygen atoms in total. The molecule has 30 heavy (non-hydrogen) atoms. The van der Waals surface area contributed by atoms with Gasteiger partial charge >= 0.3 is 0 Å². The van der Waals surface area contributed by atoms with E-state index in [0.717, 1.165) is 31.4 Å². The number of likely N-dealkylation sites (tertiary alicyclic amines) is 1. The number of hydrogen-bond donors (Lipinski definition) is 1. The van der Waals surface area contributed by atoms with Crippen molar-refractivity contribution >= 4 is 11.8 Å². The molecule has 3 atom stereocenters. The van der Waals surface area contributed by atoms with Crippen LogP contribution in [0.4, 0.5) is 4.39 Å². The van der Waals surface area contributed by atoms with E-state index >= 15 is 0 Å². The lowest BCUT2D eigenvalue weighted by atomic mass is 9.75. The summed E-state index contributed by atoms with van der Waals surface area (Å²) < 4.78 is 18.6. The van der Waals surface area contributed by atoms with Crippen LogP contribution in [-0.2, 0) is 4.79 Å². The summed E-state index contributed by atoms with van der Waals surface area (Å²) in [6.07, 6.45) is 3.13. The monoisotopic (exact) mass is 419 g/mol. The van der Waals surface area contributed by atoms with Gasteiger partial charge in [0.05, 0.1) is 19.7 Å². The molecule has 2 aliphatic rings. The smallest absolute Gasteiger partial charge is 0.253 e. The zero-order valence-electron chi connectivity index (χ0n) is 18.2. The van der Waals surface area contributed by atoms with Gasteiger partial charge in [0.1, 0.15) is 11.9 Å². The molecule has 1 saturated carbocycles. The average molecular weight is 420 g/mol. The highest BCUT2D eigenvalue weighted by Crippen LogP contribution is 2.34. The number of methoxy groups -OCH3 is 1. The van der Waals surface area contributed by atoms with Crippen LogP contribution in [0.15, 0.2) is 24.3 Å². The molecule has 166 valence electrons. The number of rotatable bonds is 6. The Hall–Kier alpha value is -2.15. The van der Waals surface area contributed by atoms with Crippen LogP contribution in [0.5, 0.6) is 5.75 Å². The molecule has 1 heterocycles. The molecule has 0 bridgehead atoms. The molecular weight excluding hydrogens is 385 g/mol. The molecule has 1 aromatic carbocycles. The van der Waals surface area contributed by atoms with Crippen LogP contribution in [0.25, 0.3) is 0 Å². The van der Waals surface area contributed by atoms with Gasteiger partial charge in [-0.15, -0.1) is 0 Å². The van der Waals surface area contributed by atoms with Crippen molar-refractivity contribution in [1.82, 2.24) is 9.80 Å². The summed E-state index contributed by atoms with van der Waals surface area (Å²) in [7, 11) is 3.46. The van der Waals surface area contributed by atoms with E-state index in [1.807, 2.05) is 18.9 Å². The Bertz CT molecular complexity index is 734. The fourth-order valence-corrected chi connectivity index (χ4v) is 4.76. The summed E-state index contributed by atoms with van der Waals surface area (Å²) in [4.78, 5) is 28.8. The van der Waals surface area contributed by atoms with Crippen molar-refractivity contribution in [2.75, 3.05) is 27.2 Å². The first-order valence-electron chi connectivity index (χ1n) is 10.9. The molecule has 7 heteroatoms. The maximum absolute atomic E-state index is 13.4. The van der Waals surface area contributed by atoms with Gasteiger partial charge in [0.15, 0.2) is 0 Å². The number of halogens is 1. The van der Waals surface area contributed by atoms with Crippen molar-refractivity contribution in [1.29, 1.82) is 0 Å². The van der Waals surface area contributed by atoms with E-state index in [1.165, 1.54) is 0 Å². The second-order valence-electron chi connectivity index (χ2n) is 8.77. The second-order valence-corrected chi connectivity index (χ2v) is 8.77. The van der Waals surface area contributed by atoms with Crippen LogP contribution in [-0.4, -0.2) is 67.1 Å². The number of hydrogen-bond acceptors (Lipinski definition) is 4. The van der Waals surface area contributed by atoms with Gasteiger partial charge in [-0.3, -0.25) is 9.59 Å². The van der Waals surface area contributed by atoms with E-state index in [1.54, 1.807) is 36.3 Å². The van der Waals surface area contributed by atoms with E-state index in [9.17, 15) is 14.0 Å². The van der Waals surface area contributed by atoms with Gasteiger partial charge in [0.2, 0.25) is 5.91 Å². The van der Waals surface area contributed by atoms with Gasteiger partial charge in [-0.1, -0.05) is 6.92 Å². The minimum atomic E-state index is -0.925. The quantitative estimate of drug-likeness (QED) is 0.769. The van der Waals surface area contributed by atoms with E-state index in [2.05, 4.69) is 0 Å². The van der Waals surface area contributed by atoms with E-state index < -0.39 is 12.2 Å². The number of ether oxygens (including phenoxy) is 1. The van der Waals surface area contributed by atoms with Crippen LogP contribution in [0.1, 0.15) is 49.4 Å². The lowest BCUT2D eigenvalue weighted by Gasteiger charge is -2.38. The summed E-state index contributed by atoms with van der Waals surface area (Å²) in [5, 5.41) is 0. The third kappa shape index (κ3) is 4.94. The highest BCUT2D eigenvalue weighted by molar-refractivity contribution is 5.94. The minimum absolute atomic E-state index is 0.0100. The number of amides is 2. The Kier molecular flexibility index (Phi) is 7.34. The topological polar surface area (TPSA) is 75.9 Å². The Morgan fingerprint density at radius 3 is 2.33 bits per heavy atom. The normalized spacial score (nSPS) is 26.2. The van der Waals surface area contributed by atoms with E-state index in [-0.39, 0.29) is 30.3 Å². The number of nitrogens with two attached hydrogens (primary N) is 1. The molecular formula is C23H34FN3O3. The molecule has 1 aliphatic carbocycles. The molecule has 0 radical (unpaired) electrons. The number of alkyl halides is 1. The van der Waals surface area contributed by atoms with Gasteiger partial charge in [0.25, 0.3) is 5.91 Å². The maximum atomic E-state index is 13.4. The largest absolute Gasteiger partial charge is 0.497 e. The molecule has 0 unspecified atom stereocenters. The van der Waals surface area contributed by atoms with Crippen LogP contribution in [0.3, 0.4) is 0 Å². The van der Waals surface area contributed by atoms with Crippen LogP contribution < -0.4 is 10.5 Å². The van der Waals surface area contributed by atoms with Crippen molar-refractivity contribution in [2.45, 2.75) is 57.3 Å². The molecule has 3 rings (SSSR count). The summed E-state index contributed by atoms with van der Waals surface area (Å²) >= 11 is 0. The predicted octanol–water partition coefficient (Wildman–Crippen LogP) is 2.86. The highest BCUT2D eigenvalue weighted by Gasteiger charge is 2.36. The summed E-state index contributed by atoms with van der Waals surface area (Å²) in [6, 6.07) is 6.76. The van der Waals surface area contributed by atoms with Crippen LogP contribution in [0, 0.1) is 11.8 Å². The molecule has 0 spiro atoms. The van der Waals surface area contributed by atoms with E-state index in [0.29, 0.717) is 24.4 Å². The Balaban J connectivity index is 1.51. The number of nitrogens with zero attached hydrogens (tertiary/aromatic N) is 2. The van der Waals surface area contributed by atoms with Gasteiger partial charge < -0.3 is 20.3 Å². The Labute approximate surface area is 178 Å². The molecule has 1 aliphatic heterocycles. The SMILES string of the molecule is COc1ccc(C(=O)N(C)C2CCC([C@H](C)[C@H](N)C(=O)N3CC[C@H](F)C3)CC2)cc1. The zero-order valence-corrected chi connectivity index (χ0v) is 18.2. The lowest BCUT2D eigenvalue weighted by molar-refractivity contribution is -0.133.